The summed E-state index contributed by atoms with van der Waals surface area (Å²) < 4.78 is 24.9. The summed E-state index contributed by atoms with van der Waals surface area (Å²) in [7, 11) is 0. The van der Waals surface area contributed by atoms with Gasteiger partial charge in [-0.1, -0.05) is 12.1 Å². The van der Waals surface area contributed by atoms with Crippen molar-refractivity contribution in [3.8, 4) is 5.75 Å². The van der Waals surface area contributed by atoms with E-state index in [0.717, 1.165) is 12.3 Å². The Morgan fingerprint density at radius 2 is 2.05 bits per heavy atom. The summed E-state index contributed by atoms with van der Waals surface area (Å²) >= 11 is 0. The molecule has 1 aliphatic carbocycles. The van der Waals surface area contributed by atoms with E-state index in [1.54, 1.807) is 25.1 Å². The second-order valence-corrected chi connectivity index (χ2v) is 5.20. The summed E-state index contributed by atoms with van der Waals surface area (Å²) in [6, 6.07) is 9.58. The molecule has 2 aromatic rings. The van der Waals surface area contributed by atoms with Gasteiger partial charge >= 0.3 is 0 Å². The van der Waals surface area contributed by atoms with Crippen molar-refractivity contribution in [2.75, 3.05) is 0 Å². The van der Waals surface area contributed by atoms with E-state index in [4.69, 9.17) is 9.15 Å². The molecule has 20 heavy (non-hydrogen) atoms. The molecule has 1 fully saturated rings. The van der Waals surface area contributed by atoms with Crippen LogP contribution in [-0.2, 0) is 13.2 Å². The minimum Gasteiger partial charge on any atom is -0.483 e. The lowest BCUT2D eigenvalue weighted by molar-refractivity contribution is 0.253. The highest BCUT2D eigenvalue weighted by molar-refractivity contribution is 5.30. The highest BCUT2D eigenvalue weighted by Crippen LogP contribution is 2.22. The summed E-state index contributed by atoms with van der Waals surface area (Å²) in [5.74, 6) is 1.55. The lowest BCUT2D eigenvalue weighted by atomic mass is 10.2. The van der Waals surface area contributed by atoms with Crippen LogP contribution in [0.1, 0.15) is 29.9 Å². The minimum atomic E-state index is -0.310. The van der Waals surface area contributed by atoms with Crippen LogP contribution in [-0.4, -0.2) is 6.04 Å². The number of hydrogen-bond donors (Lipinski definition) is 1. The second kappa shape index (κ2) is 5.67. The third-order valence-electron chi connectivity index (χ3n) is 3.39. The van der Waals surface area contributed by atoms with Gasteiger partial charge in [-0.3, -0.25) is 0 Å². The summed E-state index contributed by atoms with van der Waals surface area (Å²) in [6.45, 7) is 2.70. The first kappa shape index (κ1) is 13.2. The third-order valence-corrected chi connectivity index (χ3v) is 3.39. The van der Waals surface area contributed by atoms with Gasteiger partial charge in [0.25, 0.3) is 0 Å². The average Bonchev–Trinajstić information content (AvgIpc) is 3.17. The number of aryl methyl sites for hydroxylation is 1. The van der Waals surface area contributed by atoms with Crippen molar-refractivity contribution in [3.05, 3.63) is 53.2 Å². The Bertz CT molecular complexity index is 590. The maximum Gasteiger partial charge on any atom is 0.167 e. The van der Waals surface area contributed by atoms with Crippen LogP contribution in [0.4, 0.5) is 4.39 Å². The van der Waals surface area contributed by atoms with E-state index in [2.05, 4.69) is 5.32 Å². The summed E-state index contributed by atoms with van der Waals surface area (Å²) in [5, 5.41) is 3.38. The van der Waals surface area contributed by atoms with Gasteiger partial charge < -0.3 is 14.5 Å². The van der Waals surface area contributed by atoms with Gasteiger partial charge in [-0.15, -0.1) is 0 Å². The number of benzene rings is 1. The molecule has 0 bridgehead atoms. The van der Waals surface area contributed by atoms with Crippen molar-refractivity contribution in [3.63, 3.8) is 0 Å². The molecule has 3 rings (SSSR count). The summed E-state index contributed by atoms with van der Waals surface area (Å²) in [6.07, 6.45) is 2.51. The Balaban J connectivity index is 1.56. The summed E-state index contributed by atoms with van der Waals surface area (Å²) in [4.78, 5) is 0. The van der Waals surface area contributed by atoms with Gasteiger partial charge in [0.05, 0.1) is 6.54 Å². The SMILES string of the molecule is Cc1cccc(OCc2ccc(CNC3CC3)o2)c1F. The molecule has 1 saturated carbocycles. The molecule has 4 heteroatoms. The van der Waals surface area contributed by atoms with Crippen molar-refractivity contribution in [1.29, 1.82) is 0 Å². The molecule has 106 valence electrons. The topological polar surface area (TPSA) is 34.4 Å². The predicted octanol–water partition coefficient (Wildman–Crippen LogP) is 3.56. The molecule has 1 aliphatic rings. The van der Waals surface area contributed by atoms with Crippen LogP contribution in [0.5, 0.6) is 5.75 Å². The van der Waals surface area contributed by atoms with Gasteiger partial charge in [0.15, 0.2) is 11.6 Å². The smallest absolute Gasteiger partial charge is 0.167 e. The lowest BCUT2D eigenvalue weighted by Crippen LogP contribution is -2.14. The predicted molar refractivity (Wildman–Crippen MR) is 74.0 cm³/mol. The highest BCUT2D eigenvalue weighted by atomic mass is 19.1. The quantitative estimate of drug-likeness (QED) is 0.875. The first-order valence-corrected chi connectivity index (χ1v) is 6.91. The van der Waals surface area contributed by atoms with E-state index in [1.165, 1.54) is 12.8 Å². The standard InChI is InChI=1S/C16H18FNO2/c1-11-3-2-4-15(16(11)17)19-10-14-8-7-13(20-14)9-18-12-5-6-12/h2-4,7-8,12,18H,5-6,9-10H2,1H3. The number of nitrogens with one attached hydrogen (secondary N) is 1. The molecule has 1 aromatic heterocycles. The molecule has 0 radical (unpaired) electrons. The van der Waals surface area contributed by atoms with Crippen LogP contribution in [0, 0.1) is 12.7 Å². The second-order valence-electron chi connectivity index (χ2n) is 5.20. The lowest BCUT2D eigenvalue weighted by Gasteiger charge is -2.07. The Kier molecular flexibility index (Phi) is 3.74. The monoisotopic (exact) mass is 275 g/mol. The van der Waals surface area contributed by atoms with Gasteiger partial charge in [-0.2, -0.15) is 0 Å². The normalized spacial score (nSPS) is 14.5. The Hall–Kier alpha value is -1.81. The Morgan fingerprint density at radius 3 is 2.85 bits per heavy atom. The number of furan rings is 1. The van der Waals surface area contributed by atoms with E-state index < -0.39 is 0 Å². The van der Waals surface area contributed by atoms with Crippen LogP contribution in [0.2, 0.25) is 0 Å². The van der Waals surface area contributed by atoms with Crippen LogP contribution >= 0.6 is 0 Å². The molecule has 1 heterocycles. The van der Waals surface area contributed by atoms with Gasteiger partial charge in [0, 0.05) is 6.04 Å². The van der Waals surface area contributed by atoms with Gasteiger partial charge in [0.1, 0.15) is 18.1 Å². The first-order chi connectivity index (χ1) is 9.72. The maximum absolute atomic E-state index is 13.8. The van der Waals surface area contributed by atoms with Crippen molar-refractivity contribution in [1.82, 2.24) is 5.32 Å². The van der Waals surface area contributed by atoms with E-state index in [0.29, 0.717) is 17.4 Å². The van der Waals surface area contributed by atoms with Crippen LogP contribution in [0.3, 0.4) is 0 Å². The van der Waals surface area contributed by atoms with Gasteiger partial charge in [-0.25, -0.2) is 4.39 Å². The molecule has 0 unspecified atom stereocenters. The van der Waals surface area contributed by atoms with Crippen LogP contribution in [0.15, 0.2) is 34.7 Å². The van der Waals surface area contributed by atoms with Crippen LogP contribution in [0.25, 0.3) is 0 Å². The largest absolute Gasteiger partial charge is 0.483 e. The fraction of sp³-hybridized carbons (Fsp3) is 0.375. The number of hydrogen-bond acceptors (Lipinski definition) is 3. The number of halogens is 1. The molecular weight excluding hydrogens is 257 g/mol. The van der Waals surface area contributed by atoms with Crippen LogP contribution < -0.4 is 10.1 Å². The molecule has 0 saturated heterocycles. The zero-order chi connectivity index (χ0) is 13.9. The van der Waals surface area contributed by atoms with E-state index >= 15 is 0 Å². The first-order valence-electron chi connectivity index (χ1n) is 6.91. The fourth-order valence-electron chi connectivity index (χ4n) is 2.01. The molecule has 1 aromatic carbocycles. The molecule has 0 aliphatic heterocycles. The Labute approximate surface area is 117 Å². The zero-order valence-corrected chi connectivity index (χ0v) is 11.5. The Morgan fingerprint density at radius 1 is 1.25 bits per heavy atom. The highest BCUT2D eigenvalue weighted by Gasteiger charge is 2.20. The maximum atomic E-state index is 13.8. The molecule has 0 amide bonds. The zero-order valence-electron chi connectivity index (χ0n) is 11.5. The van der Waals surface area contributed by atoms with Crippen molar-refractivity contribution in [2.24, 2.45) is 0 Å². The van der Waals surface area contributed by atoms with Crippen molar-refractivity contribution >= 4 is 0 Å². The molecular formula is C16H18FNO2. The summed E-state index contributed by atoms with van der Waals surface area (Å²) in [5.41, 5.74) is 0.580. The number of rotatable bonds is 6. The van der Waals surface area contributed by atoms with Gasteiger partial charge in [-0.05, 0) is 43.5 Å². The van der Waals surface area contributed by atoms with E-state index in [9.17, 15) is 4.39 Å². The molecule has 0 atom stereocenters. The molecule has 0 spiro atoms. The van der Waals surface area contributed by atoms with Crippen molar-refractivity contribution in [2.45, 2.75) is 39.0 Å². The van der Waals surface area contributed by atoms with Crippen molar-refractivity contribution < 1.29 is 13.5 Å². The minimum absolute atomic E-state index is 0.240. The number of ether oxygens (including phenoxy) is 1. The molecule has 1 N–H and O–H groups in total. The fourth-order valence-corrected chi connectivity index (χ4v) is 2.01. The van der Waals surface area contributed by atoms with Gasteiger partial charge in [0.2, 0.25) is 0 Å². The molecule has 3 nitrogen and oxygen atoms in total. The van der Waals surface area contributed by atoms with E-state index in [1.807, 2.05) is 12.1 Å². The van der Waals surface area contributed by atoms with E-state index in [-0.39, 0.29) is 18.2 Å². The average molecular weight is 275 g/mol. The third kappa shape index (κ3) is 3.20.